The molecular weight excluding hydrogens is 306 g/mol. The molecule has 0 spiro atoms. The van der Waals surface area contributed by atoms with Crippen molar-refractivity contribution in [2.24, 2.45) is 0 Å². The predicted molar refractivity (Wildman–Crippen MR) is 84.1 cm³/mol. The van der Waals surface area contributed by atoms with E-state index in [1.54, 1.807) is 51.1 Å². The van der Waals surface area contributed by atoms with Gasteiger partial charge in [0.25, 0.3) is 0 Å². The largest absolute Gasteiger partial charge is 0.484 e. The number of furan rings is 1. The number of carbonyl (C=O) groups excluding carboxylic acids is 1. The lowest BCUT2D eigenvalue weighted by Crippen LogP contribution is -2.23. The van der Waals surface area contributed by atoms with Crippen LogP contribution in [0.3, 0.4) is 0 Å². The summed E-state index contributed by atoms with van der Waals surface area (Å²) in [7, 11) is 0. The number of nitrogen functional groups attached to an aromatic ring is 1. The number of ether oxygens (including phenoxy) is 2. The Hall–Kier alpha value is -2.14. The number of carbonyl (C=O) groups is 1. The summed E-state index contributed by atoms with van der Waals surface area (Å²) < 4.78 is 16.2. The van der Waals surface area contributed by atoms with Gasteiger partial charge >= 0.3 is 5.97 Å². The highest BCUT2D eigenvalue weighted by atomic mass is 35.5. The predicted octanol–water partition coefficient (Wildman–Crippen LogP) is 4.05. The minimum atomic E-state index is -0.571. The zero-order chi connectivity index (χ0) is 16.3. The standard InChI is InChI=1S/C16H18ClNO4/c1-16(2,3)22-15(19)14-7-5-11(21-14)9-20-13-6-4-10(18)8-12(13)17/h4-8H,9,18H2,1-3H3. The Kier molecular flexibility index (Phi) is 4.66. The Bertz CT molecular complexity index is 673. The fourth-order valence-corrected chi connectivity index (χ4v) is 1.92. The van der Waals surface area contributed by atoms with Crippen molar-refractivity contribution in [3.05, 3.63) is 46.9 Å². The maximum absolute atomic E-state index is 11.8. The van der Waals surface area contributed by atoms with Crippen LogP contribution in [0, 0.1) is 0 Å². The second kappa shape index (κ2) is 6.32. The third kappa shape index (κ3) is 4.43. The fraction of sp³-hybridized carbons (Fsp3) is 0.312. The molecule has 22 heavy (non-hydrogen) atoms. The molecule has 1 aromatic carbocycles. The Balaban J connectivity index is 1.99. The summed E-state index contributed by atoms with van der Waals surface area (Å²) in [5, 5.41) is 0.416. The first-order chi connectivity index (χ1) is 10.2. The van der Waals surface area contributed by atoms with Crippen molar-refractivity contribution in [1.82, 2.24) is 0 Å². The third-order valence-electron chi connectivity index (χ3n) is 2.59. The molecule has 0 bridgehead atoms. The maximum Gasteiger partial charge on any atom is 0.374 e. The van der Waals surface area contributed by atoms with Gasteiger partial charge in [0.15, 0.2) is 0 Å². The molecule has 0 saturated heterocycles. The Labute approximate surface area is 134 Å². The number of nitrogens with two attached hydrogens (primary N) is 1. The number of halogens is 1. The molecule has 0 aliphatic carbocycles. The van der Waals surface area contributed by atoms with Gasteiger partial charge in [0.1, 0.15) is 23.7 Å². The number of hydrogen-bond donors (Lipinski definition) is 1. The van der Waals surface area contributed by atoms with Crippen molar-refractivity contribution in [3.8, 4) is 5.75 Å². The topological polar surface area (TPSA) is 74.7 Å². The second-order valence-corrected chi connectivity index (χ2v) is 6.15. The summed E-state index contributed by atoms with van der Waals surface area (Å²) in [5.41, 5.74) is 5.60. The van der Waals surface area contributed by atoms with E-state index < -0.39 is 11.6 Å². The van der Waals surface area contributed by atoms with E-state index in [0.717, 1.165) is 0 Å². The van der Waals surface area contributed by atoms with Gasteiger partial charge in [-0.1, -0.05) is 11.6 Å². The SMILES string of the molecule is CC(C)(C)OC(=O)c1ccc(COc2ccc(N)cc2Cl)o1. The van der Waals surface area contributed by atoms with Gasteiger partial charge in [0.05, 0.1) is 5.02 Å². The van der Waals surface area contributed by atoms with Crippen LogP contribution in [0.25, 0.3) is 0 Å². The molecule has 6 heteroatoms. The van der Waals surface area contributed by atoms with Crippen LogP contribution in [-0.4, -0.2) is 11.6 Å². The van der Waals surface area contributed by atoms with Gasteiger partial charge in [-0.25, -0.2) is 4.79 Å². The number of esters is 1. The molecule has 1 heterocycles. The first kappa shape index (κ1) is 16.2. The monoisotopic (exact) mass is 323 g/mol. The van der Waals surface area contributed by atoms with Crippen LogP contribution in [-0.2, 0) is 11.3 Å². The van der Waals surface area contributed by atoms with Gasteiger partial charge in [0, 0.05) is 5.69 Å². The van der Waals surface area contributed by atoms with Crippen LogP contribution in [0.5, 0.6) is 5.75 Å². The zero-order valence-corrected chi connectivity index (χ0v) is 13.4. The highest BCUT2D eigenvalue weighted by Crippen LogP contribution is 2.27. The number of benzene rings is 1. The number of rotatable bonds is 4. The van der Waals surface area contributed by atoms with Gasteiger partial charge in [-0.3, -0.25) is 0 Å². The lowest BCUT2D eigenvalue weighted by atomic mass is 10.2. The van der Waals surface area contributed by atoms with Crippen LogP contribution < -0.4 is 10.5 Å². The van der Waals surface area contributed by atoms with Crippen LogP contribution in [0.2, 0.25) is 5.02 Å². The first-order valence-corrected chi connectivity index (χ1v) is 7.12. The van der Waals surface area contributed by atoms with E-state index in [0.29, 0.717) is 22.2 Å². The molecule has 0 saturated carbocycles. The molecule has 2 aromatic rings. The van der Waals surface area contributed by atoms with Crippen molar-refractivity contribution < 1.29 is 18.7 Å². The molecule has 0 atom stereocenters. The lowest BCUT2D eigenvalue weighted by molar-refractivity contribution is 0.00331. The minimum absolute atomic E-state index is 0.136. The molecule has 118 valence electrons. The van der Waals surface area contributed by atoms with Gasteiger partial charge in [-0.2, -0.15) is 0 Å². The fourth-order valence-electron chi connectivity index (χ4n) is 1.68. The summed E-state index contributed by atoms with van der Waals surface area (Å²) in [6.45, 7) is 5.52. The van der Waals surface area contributed by atoms with Crippen molar-refractivity contribution >= 4 is 23.3 Å². The number of anilines is 1. The Morgan fingerprint density at radius 2 is 2.00 bits per heavy atom. The molecule has 0 aliphatic heterocycles. The molecule has 0 radical (unpaired) electrons. The first-order valence-electron chi connectivity index (χ1n) is 6.74. The minimum Gasteiger partial charge on any atom is -0.484 e. The summed E-state index contributed by atoms with van der Waals surface area (Å²) in [6, 6.07) is 8.18. The molecule has 2 rings (SSSR count). The average Bonchev–Trinajstić information content (AvgIpc) is 2.84. The van der Waals surface area contributed by atoms with Crippen molar-refractivity contribution in [2.45, 2.75) is 33.0 Å². The van der Waals surface area contributed by atoms with Crippen LogP contribution >= 0.6 is 11.6 Å². The molecular formula is C16H18ClNO4. The number of hydrogen-bond acceptors (Lipinski definition) is 5. The lowest BCUT2D eigenvalue weighted by Gasteiger charge is -2.18. The van der Waals surface area contributed by atoms with Crippen molar-refractivity contribution in [1.29, 1.82) is 0 Å². The summed E-state index contributed by atoms with van der Waals surface area (Å²) in [5.74, 6) is 0.612. The van der Waals surface area contributed by atoms with E-state index in [1.807, 2.05) is 0 Å². The van der Waals surface area contributed by atoms with Gasteiger partial charge in [-0.05, 0) is 51.1 Å². The van der Waals surface area contributed by atoms with Crippen LogP contribution in [0.4, 0.5) is 5.69 Å². The van der Waals surface area contributed by atoms with Crippen LogP contribution in [0.15, 0.2) is 34.7 Å². The summed E-state index contributed by atoms with van der Waals surface area (Å²) >= 11 is 6.01. The molecule has 2 N–H and O–H groups in total. The van der Waals surface area contributed by atoms with Crippen molar-refractivity contribution in [2.75, 3.05) is 5.73 Å². The van der Waals surface area contributed by atoms with Gasteiger partial charge < -0.3 is 19.6 Å². The Morgan fingerprint density at radius 3 is 2.64 bits per heavy atom. The van der Waals surface area contributed by atoms with Gasteiger partial charge in [-0.15, -0.1) is 0 Å². The molecule has 0 unspecified atom stereocenters. The quantitative estimate of drug-likeness (QED) is 0.678. The van der Waals surface area contributed by atoms with Crippen LogP contribution in [0.1, 0.15) is 37.1 Å². The van der Waals surface area contributed by atoms with E-state index >= 15 is 0 Å². The van der Waals surface area contributed by atoms with E-state index in [2.05, 4.69) is 0 Å². The van der Waals surface area contributed by atoms with E-state index in [4.69, 9.17) is 31.2 Å². The Morgan fingerprint density at radius 1 is 1.27 bits per heavy atom. The normalized spacial score (nSPS) is 11.3. The highest BCUT2D eigenvalue weighted by molar-refractivity contribution is 6.32. The molecule has 0 fully saturated rings. The van der Waals surface area contributed by atoms with E-state index in [1.165, 1.54) is 0 Å². The molecule has 5 nitrogen and oxygen atoms in total. The van der Waals surface area contributed by atoms with E-state index in [-0.39, 0.29) is 12.4 Å². The molecule has 0 aliphatic rings. The van der Waals surface area contributed by atoms with Gasteiger partial charge in [0.2, 0.25) is 5.76 Å². The maximum atomic E-state index is 11.8. The van der Waals surface area contributed by atoms with E-state index in [9.17, 15) is 4.79 Å². The third-order valence-corrected chi connectivity index (χ3v) is 2.88. The zero-order valence-electron chi connectivity index (χ0n) is 12.7. The average molecular weight is 324 g/mol. The molecule has 1 aromatic heterocycles. The van der Waals surface area contributed by atoms with Crippen molar-refractivity contribution in [3.63, 3.8) is 0 Å². The smallest absolute Gasteiger partial charge is 0.374 e. The highest BCUT2D eigenvalue weighted by Gasteiger charge is 2.20. The summed E-state index contributed by atoms with van der Waals surface area (Å²) in [4.78, 5) is 11.8. The second-order valence-electron chi connectivity index (χ2n) is 5.75. The summed E-state index contributed by atoms with van der Waals surface area (Å²) in [6.07, 6.45) is 0. The molecule has 0 amide bonds.